The third-order valence-electron chi connectivity index (χ3n) is 1.30. The Morgan fingerprint density at radius 3 is 2.64 bits per heavy atom. The summed E-state index contributed by atoms with van der Waals surface area (Å²) in [5.74, 6) is 0.165. The molecule has 1 amide bonds. The summed E-state index contributed by atoms with van der Waals surface area (Å²) in [5, 5.41) is 10.1. The van der Waals surface area contributed by atoms with Crippen LogP contribution in [0.15, 0.2) is 23.8 Å². The largest absolute Gasteiger partial charge is 0.306 e. The van der Waals surface area contributed by atoms with Crippen LogP contribution in [0.3, 0.4) is 0 Å². The van der Waals surface area contributed by atoms with Gasteiger partial charge in [0.05, 0.1) is 0 Å². The van der Waals surface area contributed by atoms with E-state index in [4.69, 9.17) is 11.6 Å². The van der Waals surface area contributed by atoms with Crippen LogP contribution in [0, 0.1) is 0 Å². The van der Waals surface area contributed by atoms with Crippen LogP contribution in [-0.2, 0) is 4.79 Å². The van der Waals surface area contributed by atoms with Crippen LogP contribution >= 0.6 is 11.6 Å². The van der Waals surface area contributed by atoms with Crippen molar-refractivity contribution >= 4 is 23.3 Å². The van der Waals surface area contributed by atoms with E-state index in [2.05, 4.69) is 15.5 Å². The van der Waals surface area contributed by atoms with E-state index >= 15 is 0 Å². The lowest BCUT2D eigenvalue weighted by molar-refractivity contribution is -0.112. The molecule has 0 unspecified atom stereocenters. The first-order chi connectivity index (χ1) is 6.58. The minimum absolute atomic E-state index is 0.221. The van der Waals surface area contributed by atoms with Crippen molar-refractivity contribution in [3.63, 3.8) is 0 Å². The van der Waals surface area contributed by atoms with Crippen LogP contribution < -0.4 is 5.32 Å². The number of amides is 1. The zero-order chi connectivity index (χ0) is 10.6. The monoisotopic (exact) mass is 211 g/mol. The van der Waals surface area contributed by atoms with E-state index in [1.807, 2.05) is 13.8 Å². The van der Waals surface area contributed by atoms with Gasteiger partial charge in [0.2, 0.25) is 5.91 Å². The van der Waals surface area contributed by atoms with Crippen LogP contribution in [-0.4, -0.2) is 16.1 Å². The summed E-state index contributed by atoms with van der Waals surface area (Å²) in [6, 6.07) is 3.15. The summed E-state index contributed by atoms with van der Waals surface area (Å²) in [6.07, 6.45) is 1.48. The Labute approximate surface area is 87.0 Å². The first-order valence-corrected chi connectivity index (χ1v) is 4.41. The number of hydrogen-bond donors (Lipinski definition) is 1. The van der Waals surface area contributed by atoms with E-state index < -0.39 is 0 Å². The number of nitrogens with zero attached hydrogens (tertiary/aromatic N) is 2. The average Bonchev–Trinajstić information content (AvgIpc) is 2.07. The third-order valence-corrected chi connectivity index (χ3v) is 1.50. The molecule has 1 heterocycles. The van der Waals surface area contributed by atoms with E-state index in [9.17, 15) is 4.79 Å². The van der Waals surface area contributed by atoms with Gasteiger partial charge in [-0.05, 0) is 26.0 Å². The summed E-state index contributed by atoms with van der Waals surface area (Å²) >= 11 is 5.53. The Hall–Kier alpha value is -1.42. The Morgan fingerprint density at radius 2 is 2.14 bits per heavy atom. The van der Waals surface area contributed by atoms with Gasteiger partial charge in [0, 0.05) is 6.08 Å². The fourth-order valence-corrected chi connectivity index (χ4v) is 0.908. The zero-order valence-electron chi connectivity index (χ0n) is 7.91. The topological polar surface area (TPSA) is 54.9 Å². The molecule has 4 nitrogen and oxygen atoms in total. The zero-order valence-corrected chi connectivity index (χ0v) is 8.67. The van der Waals surface area contributed by atoms with Gasteiger partial charge in [-0.15, -0.1) is 10.2 Å². The second-order valence-electron chi connectivity index (χ2n) is 2.95. The van der Waals surface area contributed by atoms with E-state index in [-0.39, 0.29) is 5.91 Å². The molecule has 0 saturated carbocycles. The van der Waals surface area contributed by atoms with Gasteiger partial charge in [-0.2, -0.15) is 0 Å². The first-order valence-electron chi connectivity index (χ1n) is 4.03. The first kappa shape index (κ1) is 10.7. The fourth-order valence-electron chi connectivity index (χ4n) is 0.807. The van der Waals surface area contributed by atoms with Gasteiger partial charge in [-0.3, -0.25) is 4.79 Å². The molecule has 0 radical (unpaired) electrons. The van der Waals surface area contributed by atoms with Crippen molar-refractivity contribution in [1.29, 1.82) is 0 Å². The molecule has 0 atom stereocenters. The van der Waals surface area contributed by atoms with Gasteiger partial charge >= 0.3 is 0 Å². The number of nitrogens with one attached hydrogen (secondary N) is 1. The maximum absolute atomic E-state index is 11.2. The summed E-state index contributed by atoms with van der Waals surface area (Å²) < 4.78 is 0. The third kappa shape index (κ3) is 3.53. The summed E-state index contributed by atoms with van der Waals surface area (Å²) in [5.41, 5.74) is 0.921. The van der Waals surface area contributed by atoms with Crippen molar-refractivity contribution < 1.29 is 4.79 Å². The highest BCUT2D eigenvalue weighted by Crippen LogP contribution is 2.06. The molecular formula is C9H10ClN3O. The maximum Gasteiger partial charge on any atom is 0.249 e. The Kier molecular flexibility index (Phi) is 3.59. The van der Waals surface area contributed by atoms with Crippen LogP contribution in [0.4, 0.5) is 5.82 Å². The maximum atomic E-state index is 11.2. The van der Waals surface area contributed by atoms with Gasteiger partial charge in [-0.1, -0.05) is 17.2 Å². The highest BCUT2D eigenvalue weighted by molar-refractivity contribution is 6.29. The number of aromatic nitrogens is 2. The number of halogens is 1. The number of carbonyl (C=O) groups excluding carboxylic acids is 1. The molecule has 74 valence electrons. The Bertz CT molecular complexity index is 355. The van der Waals surface area contributed by atoms with Crippen molar-refractivity contribution in [2.75, 3.05) is 5.32 Å². The van der Waals surface area contributed by atoms with E-state index in [1.54, 1.807) is 12.1 Å². The average molecular weight is 212 g/mol. The minimum Gasteiger partial charge on any atom is -0.306 e. The normalized spacial score (nSPS) is 9.36. The molecule has 1 N–H and O–H groups in total. The van der Waals surface area contributed by atoms with Crippen molar-refractivity contribution in [2.24, 2.45) is 0 Å². The molecule has 0 aliphatic carbocycles. The molecule has 14 heavy (non-hydrogen) atoms. The molecule has 0 spiro atoms. The smallest absolute Gasteiger partial charge is 0.249 e. The number of rotatable bonds is 2. The molecule has 1 aromatic heterocycles. The van der Waals surface area contributed by atoms with Crippen LogP contribution in [0.1, 0.15) is 13.8 Å². The van der Waals surface area contributed by atoms with Gasteiger partial charge in [0.25, 0.3) is 0 Å². The predicted octanol–water partition coefficient (Wildman–Crippen LogP) is 2.03. The SMILES string of the molecule is CC(C)=CC(=O)Nc1ccc(Cl)nn1. The molecule has 0 aliphatic rings. The highest BCUT2D eigenvalue weighted by Gasteiger charge is 1.99. The van der Waals surface area contributed by atoms with Crippen molar-refractivity contribution in [2.45, 2.75) is 13.8 Å². The van der Waals surface area contributed by atoms with Gasteiger partial charge in [0.1, 0.15) is 0 Å². The molecular weight excluding hydrogens is 202 g/mol. The number of anilines is 1. The summed E-state index contributed by atoms with van der Waals surface area (Å²) in [6.45, 7) is 3.68. The van der Waals surface area contributed by atoms with Crippen molar-refractivity contribution in [1.82, 2.24) is 10.2 Å². The number of carbonyl (C=O) groups is 1. The summed E-state index contributed by atoms with van der Waals surface area (Å²) in [4.78, 5) is 11.2. The van der Waals surface area contributed by atoms with Crippen molar-refractivity contribution in [3.05, 3.63) is 28.9 Å². The van der Waals surface area contributed by atoms with Crippen molar-refractivity contribution in [3.8, 4) is 0 Å². The van der Waals surface area contributed by atoms with E-state index in [0.29, 0.717) is 11.0 Å². The number of hydrogen-bond acceptors (Lipinski definition) is 3. The van der Waals surface area contributed by atoms with Gasteiger partial charge < -0.3 is 5.32 Å². The number of allylic oxidation sites excluding steroid dienone is 1. The fraction of sp³-hybridized carbons (Fsp3) is 0.222. The molecule has 0 saturated heterocycles. The van der Waals surface area contributed by atoms with Gasteiger partial charge in [0.15, 0.2) is 11.0 Å². The van der Waals surface area contributed by atoms with Crippen LogP contribution in [0.5, 0.6) is 0 Å². The Morgan fingerprint density at radius 1 is 1.43 bits per heavy atom. The highest BCUT2D eigenvalue weighted by atomic mass is 35.5. The molecule has 0 fully saturated rings. The van der Waals surface area contributed by atoms with Gasteiger partial charge in [-0.25, -0.2) is 0 Å². The quantitative estimate of drug-likeness (QED) is 0.762. The Balaban J connectivity index is 2.66. The molecule has 0 bridgehead atoms. The lowest BCUT2D eigenvalue weighted by Gasteiger charge is -1.99. The van der Waals surface area contributed by atoms with Crippen LogP contribution in [0.25, 0.3) is 0 Å². The lowest BCUT2D eigenvalue weighted by atomic mass is 10.3. The summed E-state index contributed by atoms with van der Waals surface area (Å²) in [7, 11) is 0. The van der Waals surface area contributed by atoms with E-state index in [0.717, 1.165) is 5.57 Å². The molecule has 0 aromatic carbocycles. The molecule has 5 heteroatoms. The standard InChI is InChI=1S/C9H10ClN3O/c1-6(2)5-9(14)11-8-4-3-7(10)12-13-8/h3-5H,1-2H3,(H,11,13,14). The molecule has 1 rings (SSSR count). The molecule has 1 aromatic rings. The van der Waals surface area contributed by atoms with E-state index in [1.165, 1.54) is 6.08 Å². The lowest BCUT2D eigenvalue weighted by Crippen LogP contribution is -2.10. The minimum atomic E-state index is -0.221. The second kappa shape index (κ2) is 4.72. The predicted molar refractivity (Wildman–Crippen MR) is 55.1 cm³/mol. The second-order valence-corrected chi connectivity index (χ2v) is 3.34. The van der Waals surface area contributed by atoms with Crippen LogP contribution in [0.2, 0.25) is 5.15 Å². The molecule has 0 aliphatic heterocycles.